The van der Waals surface area contributed by atoms with E-state index in [-0.39, 0.29) is 6.10 Å². The van der Waals surface area contributed by atoms with Crippen LogP contribution < -0.4 is 0 Å². The molecule has 0 aliphatic heterocycles. The first kappa shape index (κ1) is 15.4. The van der Waals surface area contributed by atoms with Gasteiger partial charge in [-0.1, -0.05) is 24.3 Å². The summed E-state index contributed by atoms with van der Waals surface area (Å²) in [6.45, 7) is 5.67. The van der Waals surface area contributed by atoms with Gasteiger partial charge in [0.2, 0.25) is 0 Å². The van der Waals surface area contributed by atoms with Crippen molar-refractivity contribution in [3.63, 3.8) is 0 Å². The van der Waals surface area contributed by atoms with Gasteiger partial charge in [0.1, 0.15) is 0 Å². The second-order valence-corrected chi connectivity index (χ2v) is 4.39. The number of ether oxygens (including phenoxy) is 2. The molecule has 1 aromatic rings. The van der Waals surface area contributed by atoms with Crippen LogP contribution in [0.5, 0.6) is 0 Å². The highest BCUT2D eigenvalue weighted by atomic mass is 16.5. The van der Waals surface area contributed by atoms with Gasteiger partial charge in [0, 0.05) is 6.08 Å². The molecule has 0 bridgehead atoms. The normalized spacial score (nSPS) is 11.3. The molecule has 0 atom stereocenters. The van der Waals surface area contributed by atoms with Crippen LogP contribution in [0.4, 0.5) is 0 Å². The second kappa shape index (κ2) is 8.45. The van der Waals surface area contributed by atoms with Crippen molar-refractivity contribution in [1.82, 2.24) is 0 Å². The largest absolute Gasteiger partial charge is 0.478 e. The average molecular weight is 264 g/mol. The minimum absolute atomic E-state index is 0.226. The number of rotatable bonds is 8. The Morgan fingerprint density at radius 2 is 1.95 bits per heavy atom. The van der Waals surface area contributed by atoms with Crippen LogP contribution in [0.2, 0.25) is 0 Å². The Balaban J connectivity index is 2.30. The van der Waals surface area contributed by atoms with Crippen molar-refractivity contribution in [2.75, 3.05) is 13.2 Å². The third kappa shape index (κ3) is 7.39. The molecule has 0 heterocycles. The molecule has 0 amide bonds. The van der Waals surface area contributed by atoms with Crippen LogP contribution in [0, 0.1) is 0 Å². The fraction of sp³-hybridized carbons (Fsp3) is 0.400. The van der Waals surface area contributed by atoms with Crippen LogP contribution in [0.25, 0.3) is 6.08 Å². The first-order chi connectivity index (χ1) is 9.08. The van der Waals surface area contributed by atoms with Crippen molar-refractivity contribution in [2.45, 2.75) is 26.6 Å². The average Bonchev–Trinajstić information content (AvgIpc) is 2.37. The fourth-order valence-corrected chi connectivity index (χ4v) is 1.43. The molecule has 1 rings (SSSR count). The summed E-state index contributed by atoms with van der Waals surface area (Å²) < 4.78 is 10.8. The lowest BCUT2D eigenvalue weighted by molar-refractivity contribution is -0.131. The molecule has 0 spiro atoms. The van der Waals surface area contributed by atoms with E-state index in [0.29, 0.717) is 19.8 Å². The summed E-state index contributed by atoms with van der Waals surface area (Å²) in [6, 6.07) is 7.57. The molecule has 0 aliphatic carbocycles. The number of carboxylic acid groups (broad SMARTS) is 1. The molecule has 0 unspecified atom stereocenters. The number of carboxylic acids is 1. The van der Waals surface area contributed by atoms with Crippen molar-refractivity contribution in [3.8, 4) is 0 Å². The molecule has 4 nitrogen and oxygen atoms in total. The molecule has 1 N–H and O–H groups in total. The Kier molecular flexibility index (Phi) is 6.85. The predicted molar refractivity (Wildman–Crippen MR) is 73.9 cm³/mol. The molecule has 0 fully saturated rings. The molecule has 0 aliphatic rings. The van der Waals surface area contributed by atoms with Crippen molar-refractivity contribution < 1.29 is 19.4 Å². The fourth-order valence-electron chi connectivity index (χ4n) is 1.43. The molecule has 0 saturated heterocycles. The van der Waals surface area contributed by atoms with Gasteiger partial charge in [0.25, 0.3) is 0 Å². The Morgan fingerprint density at radius 3 is 2.53 bits per heavy atom. The van der Waals surface area contributed by atoms with Gasteiger partial charge in [-0.05, 0) is 31.1 Å². The number of hydrogen-bond donors (Lipinski definition) is 1. The van der Waals surface area contributed by atoms with Crippen molar-refractivity contribution >= 4 is 12.0 Å². The zero-order valence-electron chi connectivity index (χ0n) is 11.3. The third-order valence-corrected chi connectivity index (χ3v) is 2.35. The minimum Gasteiger partial charge on any atom is -0.478 e. The Morgan fingerprint density at radius 1 is 1.26 bits per heavy atom. The van der Waals surface area contributed by atoms with Gasteiger partial charge >= 0.3 is 5.97 Å². The Hall–Kier alpha value is -1.65. The minimum atomic E-state index is -0.947. The van der Waals surface area contributed by atoms with E-state index in [2.05, 4.69) is 0 Å². The van der Waals surface area contributed by atoms with E-state index in [1.807, 2.05) is 38.1 Å². The summed E-state index contributed by atoms with van der Waals surface area (Å²) in [4.78, 5) is 10.4. The topological polar surface area (TPSA) is 55.8 Å². The zero-order valence-corrected chi connectivity index (χ0v) is 11.3. The van der Waals surface area contributed by atoms with Gasteiger partial charge < -0.3 is 14.6 Å². The van der Waals surface area contributed by atoms with E-state index in [0.717, 1.165) is 17.2 Å². The molecular formula is C15H20O4. The summed E-state index contributed by atoms with van der Waals surface area (Å²) in [5.41, 5.74) is 1.91. The van der Waals surface area contributed by atoms with Crippen LogP contribution in [0.1, 0.15) is 25.0 Å². The first-order valence-electron chi connectivity index (χ1n) is 6.27. The van der Waals surface area contributed by atoms with Crippen LogP contribution in [-0.4, -0.2) is 30.4 Å². The predicted octanol–water partition coefficient (Wildman–Crippen LogP) is 2.73. The Labute approximate surface area is 113 Å². The summed E-state index contributed by atoms with van der Waals surface area (Å²) in [7, 11) is 0. The van der Waals surface area contributed by atoms with Gasteiger partial charge in [-0.2, -0.15) is 0 Å². The Bertz CT molecular complexity index is 407. The number of hydrogen-bond acceptors (Lipinski definition) is 3. The summed E-state index contributed by atoms with van der Waals surface area (Å²) in [5.74, 6) is -0.947. The van der Waals surface area contributed by atoms with Gasteiger partial charge in [-0.25, -0.2) is 4.79 Å². The van der Waals surface area contributed by atoms with E-state index in [1.165, 1.54) is 0 Å². The molecule has 19 heavy (non-hydrogen) atoms. The first-order valence-corrected chi connectivity index (χ1v) is 6.27. The SMILES string of the molecule is CC(C)OCCOCc1ccc(C=CC(=O)O)cc1. The molecule has 104 valence electrons. The standard InChI is InChI=1S/C15H20O4/c1-12(2)19-10-9-18-11-14-5-3-13(4-6-14)7-8-15(16)17/h3-8,12H,9-11H2,1-2H3,(H,16,17). The molecule has 0 aromatic heterocycles. The van der Waals surface area contributed by atoms with Crippen LogP contribution in [-0.2, 0) is 20.9 Å². The number of carbonyl (C=O) groups is 1. The van der Waals surface area contributed by atoms with Crippen LogP contribution in [0.3, 0.4) is 0 Å². The maximum absolute atomic E-state index is 10.4. The highest BCUT2D eigenvalue weighted by Gasteiger charge is 1.96. The molecule has 1 aromatic carbocycles. The molecule has 4 heteroatoms. The molecule has 0 radical (unpaired) electrons. The van der Waals surface area contributed by atoms with Gasteiger partial charge in [-0.3, -0.25) is 0 Å². The summed E-state index contributed by atoms with van der Waals surface area (Å²) in [6.07, 6.45) is 2.90. The van der Waals surface area contributed by atoms with E-state index in [4.69, 9.17) is 14.6 Å². The lowest BCUT2D eigenvalue weighted by Gasteiger charge is -2.08. The van der Waals surface area contributed by atoms with Crippen molar-refractivity contribution in [1.29, 1.82) is 0 Å². The van der Waals surface area contributed by atoms with E-state index >= 15 is 0 Å². The third-order valence-electron chi connectivity index (χ3n) is 2.35. The lowest BCUT2D eigenvalue weighted by Crippen LogP contribution is -2.09. The maximum atomic E-state index is 10.4. The highest BCUT2D eigenvalue weighted by Crippen LogP contribution is 2.07. The monoisotopic (exact) mass is 264 g/mol. The molecular weight excluding hydrogens is 244 g/mol. The smallest absolute Gasteiger partial charge is 0.328 e. The highest BCUT2D eigenvalue weighted by molar-refractivity contribution is 5.85. The number of aliphatic carboxylic acids is 1. The zero-order chi connectivity index (χ0) is 14.1. The number of benzene rings is 1. The van der Waals surface area contributed by atoms with E-state index in [1.54, 1.807) is 6.08 Å². The molecule has 0 saturated carbocycles. The van der Waals surface area contributed by atoms with Crippen molar-refractivity contribution in [3.05, 3.63) is 41.5 Å². The summed E-state index contributed by atoms with van der Waals surface area (Å²) in [5, 5.41) is 8.52. The second-order valence-electron chi connectivity index (χ2n) is 4.39. The van der Waals surface area contributed by atoms with Crippen LogP contribution in [0.15, 0.2) is 30.3 Å². The van der Waals surface area contributed by atoms with Gasteiger partial charge in [-0.15, -0.1) is 0 Å². The van der Waals surface area contributed by atoms with Crippen molar-refractivity contribution in [2.24, 2.45) is 0 Å². The van der Waals surface area contributed by atoms with Gasteiger partial charge in [0.05, 0.1) is 25.9 Å². The van der Waals surface area contributed by atoms with Crippen LogP contribution >= 0.6 is 0 Å². The quantitative estimate of drug-likeness (QED) is 0.579. The summed E-state index contributed by atoms with van der Waals surface area (Å²) >= 11 is 0. The van der Waals surface area contributed by atoms with E-state index < -0.39 is 5.97 Å². The van der Waals surface area contributed by atoms with E-state index in [9.17, 15) is 4.79 Å². The van der Waals surface area contributed by atoms with Gasteiger partial charge in [0.15, 0.2) is 0 Å². The lowest BCUT2D eigenvalue weighted by atomic mass is 10.1. The maximum Gasteiger partial charge on any atom is 0.328 e.